The first kappa shape index (κ1) is 15.3. The lowest BCUT2D eigenvalue weighted by Crippen LogP contribution is -2.58. The number of rotatable bonds is 5. The van der Waals surface area contributed by atoms with Crippen molar-refractivity contribution in [2.75, 3.05) is 39.8 Å². The molecule has 1 N–H and O–H groups in total. The summed E-state index contributed by atoms with van der Waals surface area (Å²) >= 11 is 0. The number of nitrogens with zero attached hydrogens (tertiary/aromatic N) is 2. The highest BCUT2D eigenvalue weighted by Crippen LogP contribution is 2.31. The third kappa shape index (κ3) is 4.17. The summed E-state index contributed by atoms with van der Waals surface area (Å²) in [5, 5.41) is 3.75. The maximum absolute atomic E-state index is 3.75. The lowest BCUT2D eigenvalue weighted by Gasteiger charge is -2.46. The molecule has 0 aromatic carbocycles. The fourth-order valence-corrected chi connectivity index (χ4v) is 3.96. The topological polar surface area (TPSA) is 18.5 Å². The van der Waals surface area contributed by atoms with Gasteiger partial charge in [0.1, 0.15) is 0 Å². The van der Waals surface area contributed by atoms with Crippen LogP contribution in [0.25, 0.3) is 0 Å². The fourth-order valence-electron chi connectivity index (χ4n) is 3.96. The van der Waals surface area contributed by atoms with Crippen LogP contribution in [0, 0.1) is 5.92 Å². The Morgan fingerprint density at radius 2 is 1.79 bits per heavy atom. The molecule has 0 spiro atoms. The molecule has 1 aliphatic heterocycles. The van der Waals surface area contributed by atoms with Gasteiger partial charge >= 0.3 is 0 Å². The van der Waals surface area contributed by atoms with Crippen molar-refractivity contribution in [1.29, 1.82) is 0 Å². The molecule has 1 heterocycles. The minimum atomic E-state index is 0.738. The molecule has 3 unspecified atom stereocenters. The average molecular weight is 267 g/mol. The maximum Gasteiger partial charge on any atom is 0.0253 e. The van der Waals surface area contributed by atoms with Gasteiger partial charge in [0.25, 0.3) is 0 Å². The van der Waals surface area contributed by atoms with Gasteiger partial charge < -0.3 is 10.2 Å². The molecule has 0 amide bonds. The Balaban J connectivity index is 1.94. The second-order valence-electron chi connectivity index (χ2n) is 6.54. The molecule has 1 aliphatic carbocycles. The molecule has 1 saturated carbocycles. The Kier molecular flexibility index (Phi) is 6.11. The van der Waals surface area contributed by atoms with E-state index in [0.29, 0.717) is 0 Å². The Labute approximate surface area is 119 Å². The quantitative estimate of drug-likeness (QED) is 0.824. The van der Waals surface area contributed by atoms with Gasteiger partial charge in [-0.1, -0.05) is 26.7 Å². The summed E-state index contributed by atoms with van der Waals surface area (Å²) < 4.78 is 0. The van der Waals surface area contributed by atoms with Crippen LogP contribution in [0.4, 0.5) is 0 Å². The summed E-state index contributed by atoms with van der Waals surface area (Å²) in [6.07, 6.45) is 7.04. The van der Waals surface area contributed by atoms with Gasteiger partial charge in [-0.3, -0.25) is 4.90 Å². The van der Waals surface area contributed by atoms with Gasteiger partial charge in [0.2, 0.25) is 0 Å². The lowest BCUT2D eigenvalue weighted by atomic mass is 9.79. The largest absolute Gasteiger partial charge is 0.313 e. The van der Waals surface area contributed by atoms with E-state index in [1.807, 2.05) is 0 Å². The van der Waals surface area contributed by atoms with Crippen molar-refractivity contribution in [1.82, 2.24) is 15.1 Å². The van der Waals surface area contributed by atoms with Gasteiger partial charge in [-0.05, 0) is 38.8 Å². The fraction of sp³-hybridized carbons (Fsp3) is 1.00. The van der Waals surface area contributed by atoms with E-state index in [1.54, 1.807) is 0 Å². The molecule has 3 nitrogen and oxygen atoms in total. The van der Waals surface area contributed by atoms with Gasteiger partial charge in [-0.25, -0.2) is 0 Å². The molecular formula is C16H33N3. The van der Waals surface area contributed by atoms with Crippen LogP contribution in [-0.4, -0.2) is 61.7 Å². The van der Waals surface area contributed by atoms with Crippen molar-refractivity contribution >= 4 is 0 Å². The number of piperazine rings is 1. The second-order valence-corrected chi connectivity index (χ2v) is 6.54. The Hall–Kier alpha value is -0.120. The highest BCUT2D eigenvalue weighted by Gasteiger charge is 2.34. The number of nitrogens with one attached hydrogen (secondary N) is 1. The van der Waals surface area contributed by atoms with Crippen LogP contribution in [0.15, 0.2) is 0 Å². The van der Waals surface area contributed by atoms with Gasteiger partial charge in [0.05, 0.1) is 0 Å². The maximum atomic E-state index is 3.75. The van der Waals surface area contributed by atoms with E-state index in [1.165, 1.54) is 58.3 Å². The van der Waals surface area contributed by atoms with E-state index in [4.69, 9.17) is 0 Å². The molecular weight excluding hydrogens is 234 g/mol. The van der Waals surface area contributed by atoms with Crippen LogP contribution in [0.2, 0.25) is 0 Å². The Bertz CT molecular complexity index is 248. The molecule has 112 valence electrons. The number of likely N-dealkylation sites (N-methyl/N-ethyl adjacent to an activating group) is 2. The van der Waals surface area contributed by atoms with Crippen LogP contribution < -0.4 is 5.32 Å². The summed E-state index contributed by atoms with van der Waals surface area (Å²) in [7, 11) is 2.25. The Morgan fingerprint density at radius 3 is 2.42 bits per heavy atom. The van der Waals surface area contributed by atoms with Crippen LogP contribution in [0.3, 0.4) is 0 Å². The number of hydrogen-bond acceptors (Lipinski definition) is 3. The molecule has 19 heavy (non-hydrogen) atoms. The third-order valence-electron chi connectivity index (χ3n) is 5.10. The van der Waals surface area contributed by atoms with Crippen molar-refractivity contribution in [3.05, 3.63) is 0 Å². The molecule has 0 bridgehead atoms. The Morgan fingerprint density at radius 1 is 1.05 bits per heavy atom. The standard InChI is InChI=1S/C16H33N3/c1-4-6-14-7-8-15(17-5-2)16(13-14)19-11-9-18(3)10-12-19/h14-17H,4-13H2,1-3H3. The predicted octanol–water partition coefficient (Wildman–Crippen LogP) is 2.18. The average Bonchev–Trinajstić information content (AvgIpc) is 2.42. The monoisotopic (exact) mass is 267 g/mol. The molecule has 0 aromatic heterocycles. The zero-order chi connectivity index (χ0) is 13.7. The molecule has 2 rings (SSSR count). The molecule has 1 saturated heterocycles. The molecule has 0 radical (unpaired) electrons. The van der Waals surface area contributed by atoms with E-state index in [-0.39, 0.29) is 0 Å². The normalized spacial score (nSPS) is 34.6. The predicted molar refractivity (Wildman–Crippen MR) is 82.6 cm³/mol. The SMILES string of the molecule is CCCC1CCC(NCC)C(N2CCN(C)CC2)C1. The smallest absolute Gasteiger partial charge is 0.0253 e. The van der Waals surface area contributed by atoms with Gasteiger partial charge in [-0.15, -0.1) is 0 Å². The first-order valence-electron chi connectivity index (χ1n) is 8.40. The van der Waals surface area contributed by atoms with E-state index >= 15 is 0 Å². The zero-order valence-corrected chi connectivity index (χ0v) is 13.2. The minimum absolute atomic E-state index is 0.738. The van der Waals surface area contributed by atoms with E-state index in [9.17, 15) is 0 Å². The van der Waals surface area contributed by atoms with Crippen molar-refractivity contribution < 1.29 is 0 Å². The zero-order valence-electron chi connectivity index (χ0n) is 13.2. The van der Waals surface area contributed by atoms with E-state index in [0.717, 1.165) is 24.5 Å². The molecule has 2 aliphatic rings. The van der Waals surface area contributed by atoms with Crippen LogP contribution in [0.1, 0.15) is 46.0 Å². The van der Waals surface area contributed by atoms with E-state index in [2.05, 4.69) is 36.0 Å². The van der Waals surface area contributed by atoms with Crippen molar-refractivity contribution in [2.24, 2.45) is 5.92 Å². The summed E-state index contributed by atoms with van der Waals surface area (Å²) in [5.74, 6) is 0.976. The van der Waals surface area contributed by atoms with Crippen molar-refractivity contribution in [2.45, 2.75) is 58.0 Å². The van der Waals surface area contributed by atoms with Crippen LogP contribution >= 0.6 is 0 Å². The highest BCUT2D eigenvalue weighted by atomic mass is 15.3. The summed E-state index contributed by atoms with van der Waals surface area (Å²) in [6.45, 7) is 10.7. The summed E-state index contributed by atoms with van der Waals surface area (Å²) in [5.41, 5.74) is 0. The van der Waals surface area contributed by atoms with Gasteiger partial charge in [-0.2, -0.15) is 0 Å². The number of hydrogen-bond donors (Lipinski definition) is 1. The van der Waals surface area contributed by atoms with Crippen molar-refractivity contribution in [3.63, 3.8) is 0 Å². The first-order chi connectivity index (χ1) is 9.24. The highest BCUT2D eigenvalue weighted by molar-refractivity contribution is 4.92. The third-order valence-corrected chi connectivity index (χ3v) is 5.10. The van der Waals surface area contributed by atoms with Crippen molar-refractivity contribution in [3.8, 4) is 0 Å². The van der Waals surface area contributed by atoms with E-state index < -0.39 is 0 Å². The molecule has 3 heteroatoms. The van der Waals surface area contributed by atoms with Crippen LogP contribution in [-0.2, 0) is 0 Å². The first-order valence-corrected chi connectivity index (χ1v) is 8.40. The summed E-state index contributed by atoms with van der Waals surface area (Å²) in [4.78, 5) is 5.24. The molecule has 0 aromatic rings. The second kappa shape index (κ2) is 7.61. The van der Waals surface area contributed by atoms with Crippen LogP contribution in [0.5, 0.6) is 0 Å². The lowest BCUT2D eigenvalue weighted by molar-refractivity contribution is 0.0545. The minimum Gasteiger partial charge on any atom is -0.313 e. The molecule has 2 fully saturated rings. The summed E-state index contributed by atoms with van der Waals surface area (Å²) in [6, 6.07) is 1.53. The van der Waals surface area contributed by atoms with Gasteiger partial charge in [0, 0.05) is 38.3 Å². The molecule has 3 atom stereocenters. The van der Waals surface area contributed by atoms with Gasteiger partial charge in [0.15, 0.2) is 0 Å².